The lowest BCUT2D eigenvalue weighted by atomic mass is 10.3. The van der Waals surface area contributed by atoms with E-state index in [-0.39, 0.29) is 5.97 Å². The van der Waals surface area contributed by atoms with Crippen molar-refractivity contribution in [2.45, 2.75) is 6.42 Å². The number of methoxy groups -OCH3 is 2. The number of carbonyl (C=O) groups is 1. The molecule has 5 nitrogen and oxygen atoms in total. The Hall–Kier alpha value is -1.59. The number of hydrogen-bond acceptors (Lipinski definition) is 5. The van der Waals surface area contributed by atoms with Gasteiger partial charge in [0.1, 0.15) is 12.4 Å². The van der Waals surface area contributed by atoms with Crippen LogP contribution in [0.15, 0.2) is 30.3 Å². The van der Waals surface area contributed by atoms with E-state index in [1.165, 1.54) is 7.11 Å². The maximum absolute atomic E-state index is 11.2. The molecule has 20 heavy (non-hydrogen) atoms. The number of rotatable bonds is 10. The molecule has 1 aromatic rings. The molecule has 112 valence electrons. The van der Waals surface area contributed by atoms with Crippen molar-refractivity contribution in [2.24, 2.45) is 0 Å². The lowest BCUT2D eigenvalue weighted by Gasteiger charge is -2.21. The maximum atomic E-state index is 11.2. The van der Waals surface area contributed by atoms with E-state index < -0.39 is 0 Å². The first-order chi connectivity index (χ1) is 9.76. The average molecular weight is 281 g/mol. The Morgan fingerprint density at radius 2 is 1.75 bits per heavy atom. The van der Waals surface area contributed by atoms with Gasteiger partial charge in [-0.05, 0) is 12.1 Å². The average Bonchev–Trinajstić information content (AvgIpc) is 2.50. The fourth-order valence-electron chi connectivity index (χ4n) is 1.72. The molecule has 0 saturated heterocycles. The summed E-state index contributed by atoms with van der Waals surface area (Å²) in [6.45, 7) is 3.37. The summed E-state index contributed by atoms with van der Waals surface area (Å²) in [7, 11) is 3.07. The second-order valence-electron chi connectivity index (χ2n) is 4.32. The Kier molecular flexibility index (Phi) is 8.42. The number of ether oxygens (including phenoxy) is 3. The molecular formula is C15H23NO4. The van der Waals surface area contributed by atoms with Gasteiger partial charge in [0.2, 0.25) is 0 Å². The second kappa shape index (κ2) is 10.2. The molecule has 0 aliphatic carbocycles. The Morgan fingerprint density at radius 3 is 2.40 bits per heavy atom. The third-order valence-corrected chi connectivity index (χ3v) is 2.89. The number of esters is 1. The molecule has 0 amide bonds. The summed E-state index contributed by atoms with van der Waals surface area (Å²) in [6, 6.07) is 9.68. The normalized spacial score (nSPS) is 10.6. The molecule has 5 heteroatoms. The number of carbonyl (C=O) groups excluding carboxylic acids is 1. The van der Waals surface area contributed by atoms with Crippen molar-refractivity contribution in [3.8, 4) is 5.75 Å². The minimum absolute atomic E-state index is 0.198. The van der Waals surface area contributed by atoms with Crippen molar-refractivity contribution in [3.63, 3.8) is 0 Å². The number of nitrogens with zero attached hydrogens (tertiary/aromatic N) is 1. The van der Waals surface area contributed by atoms with Crippen LogP contribution in [0.1, 0.15) is 6.42 Å². The highest BCUT2D eigenvalue weighted by molar-refractivity contribution is 5.69. The van der Waals surface area contributed by atoms with Crippen molar-refractivity contribution in [3.05, 3.63) is 30.3 Å². The van der Waals surface area contributed by atoms with Gasteiger partial charge in [0.05, 0.1) is 20.1 Å². The Bertz CT molecular complexity index is 369. The van der Waals surface area contributed by atoms with E-state index in [0.717, 1.165) is 18.8 Å². The summed E-state index contributed by atoms with van der Waals surface area (Å²) in [5, 5.41) is 0. The zero-order chi connectivity index (χ0) is 14.6. The zero-order valence-electron chi connectivity index (χ0n) is 12.2. The summed E-state index contributed by atoms with van der Waals surface area (Å²) in [5.74, 6) is 0.656. The summed E-state index contributed by atoms with van der Waals surface area (Å²) < 4.78 is 15.4. The Morgan fingerprint density at radius 1 is 1.05 bits per heavy atom. The SMILES string of the molecule is COCCN(CCOc1ccccc1)CCC(=O)OC. The van der Waals surface area contributed by atoms with Crippen LogP contribution in [0.2, 0.25) is 0 Å². The minimum atomic E-state index is -0.198. The van der Waals surface area contributed by atoms with Crippen LogP contribution in [0.3, 0.4) is 0 Å². The van der Waals surface area contributed by atoms with E-state index in [0.29, 0.717) is 26.2 Å². The molecule has 0 radical (unpaired) electrons. The van der Waals surface area contributed by atoms with Gasteiger partial charge >= 0.3 is 5.97 Å². The number of para-hydroxylation sites is 1. The lowest BCUT2D eigenvalue weighted by Crippen LogP contribution is -2.33. The quantitative estimate of drug-likeness (QED) is 0.609. The van der Waals surface area contributed by atoms with Crippen LogP contribution in [0.4, 0.5) is 0 Å². The molecule has 0 N–H and O–H groups in total. The topological polar surface area (TPSA) is 48.0 Å². The van der Waals surface area contributed by atoms with Crippen LogP contribution >= 0.6 is 0 Å². The standard InChI is InChI=1S/C15H23NO4/c1-18-12-10-16(9-8-15(17)19-2)11-13-20-14-6-4-3-5-7-14/h3-7H,8-13H2,1-2H3. The molecule has 0 aliphatic rings. The molecular weight excluding hydrogens is 258 g/mol. The summed E-state index contributed by atoms with van der Waals surface area (Å²) in [6.07, 6.45) is 0.381. The second-order valence-corrected chi connectivity index (χ2v) is 4.32. The van der Waals surface area contributed by atoms with Gasteiger partial charge in [-0.2, -0.15) is 0 Å². The van der Waals surface area contributed by atoms with Gasteiger partial charge in [0, 0.05) is 26.7 Å². The van der Waals surface area contributed by atoms with Crippen LogP contribution < -0.4 is 4.74 Å². The predicted molar refractivity (Wildman–Crippen MR) is 76.9 cm³/mol. The van der Waals surface area contributed by atoms with E-state index in [2.05, 4.69) is 9.64 Å². The van der Waals surface area contributed by atoms with Crippen molar-refractivity contribution >= 4 is 5.97 Å². The van der Waals surface area contributed by atoms with E-state index in [1.54, 1.807) is 7.11 Å². The molecule has 0 aliphatic heterocycles. The number of hydrogen-bond donors (Lipinski definition) is 0. The van der Waals surface area contributed by atoms with Crippen molar-refractivity contribution in [2.75, 3.05) is 47.1 Å². The zero-order valence-corrected chi connectivity index (χ0v) is 12.2. The predicted octanol–water partition coefficient (Wildman–Crippen LogP) is 1.58. The molecule has 0 aromatic heterocycles. The van der Waals surface area contributed by atoms with E-state index >= 15 is 0 Å². The van der Waals surface area contributed by atoms with E-state index in [1.807, 2.05) is 30.3 Å². The van der Waals surface area contributed by atoms with Gasteiger partial charge < -0.3 is 14.2 Å². The van der Waals surface area contributed by atoms with E-state index in [9.17, 15) is 4.79 Å². The fourth-order valence-corrected chi connectivity index (χ4v) is 1.72. The molecule has 0 fully saturated rings. The molecule has 0 unspecified atom stereocenters. The monoisotopic (exact) mass is 281 g/mol. The summed E-state index contributed by atoms with van der Waals surface area (Å²) >= 11 is 0. The third-order valence-electron chi connectivity index (χ3n) is 2.89. The van der Waals surface area contributed by atoms with Gasteiger partial charge in [-0.25, -0.2) is 0 Å². The fraction of sp³-hybridized carbons (Fsp3) is 0.533. The number of benzene rings is 1. The van der Waals surface area contributed by atoms with Gasteiger partial charge in [-0.15, -0.1) is 0 Å². The van der Waals surface area contributed by atoms with Gasteiger partial charge in [-0.1, -0.05) is 18.2 Å². The van der Waals surface area contributed by atoms with E-state index in [4.69, 9.17) is 9.47 Å². The lowest BCUT2D eigenvalue weighted by molar-refractivity contribution is -0.141. The highest BCUT2D eigenvalue weighted by atomic mass is 16.5. The minimum Gasteiger partial charge on any atom is -0.492 e. The Labute approximate surface area is 120 Å². The molecule has 0 atom stereocenters. The van der Waals surface area contributed by atoms with Crippen molar-refractivity contribution in [1.29, 1.82) is 0 Å². The molecule has 1 aromatic carbocycles. The molecule has 1 rings (SSSR count). The van der Waals surface area contributed by atoms with Gasteiger partial charge in [0.25, 0.3) is 0 Å². The highest BCUT2D eigenvalue weighted by Crippen LogP contribution is 2.08. The van der Waals surface area contributed by atoms with Crippen LogP contribution in [0.25, 0.3) is 0 Å². The van der Waals surface area contributed by atoms with Gasteiger partial charge in [-0.3, -0.25) is 9.69 Å². The smallest absolute Gasteiger partial charge is 0.306 e. The molecule has 0 heterocycles. The first kappa shape index (κ1) is 16.5. The summed E-state index contributed by atoms with van der Waals surface area (Å²) in [4.78, 5) is 13.3. The maximum Gasteiger partial charge on any atom is 0.306 e. The molecule has 0 saturated carbocycles. The largest absolute Gasteiger partial charge is 0.492 e. The van der Waals surface area contributed by atoms with Crippen LogP contribution in [-0.2, 0) is 14.3 Å². The van der Waals surface area contributed by atoms with Crippen LogP contribution in [-0.4, -0.2) is 57.9 Å². The first-order valence-corrected chi connectivity index (χ1v) is 6.72. The van der Waals surface area contributed by atoms with Gasteiger partial charge in [0.15, 0.2) is 0 Å². The third kappa shape index (κ3) is 7.11. The van der Waals surface area contributed by atoms with Crippen LogP contribution in [0.5, 0.6) is 5.75 Å². The highest BCUT2D eigenvalue weighted by Gasteiger charge is 2.08. The first-order valence-electron chi connectivity index (χ1n) is 6.72. The van der Waals surface area contributed by atoms with Crippen molar-refractivity contribution < 1.29 is 19.0 Å². The molecule has 0 bridgehead atoms. The summed E-state index contributed by atoms with van der Waals surface area (Å²) in [5.41, 5.74) is 0. The molecule has 0 spiro atoms. The van der Waals surface area contributed by atoms with Crippen LogP contribution in [0, 0.1) is 0 Å². The Balaban J connectivity index is 2.30. The van der Waals surface area contributed by atoms with Crippen molar-refractivity contribution in [1.82, 2.24) is 4.90 Å².